The van der Waals surface area contributed by atoms with Gasteiger partial charge >= 0.3 is 17.9 Å². The van der Waals surface area contributed by atoms with Gasteiger partial charge in [-0.2, -0.15) is 0 Å². The summed E-state index contributed by atoms with van der Waals surface area (Å²) in [5.41, 5.74) is 19.6. The molecule has 4 aliphatic rings. The molecule has 3 saturated heterocycles. The van der Waals surface area contributed by atoms with Crippen molar-refractivity contribution in [1.29, 1.82) is 0 Å². The Bertz CT molecular complexity index is 3810. The van der Waals surface area contributed by atoms with Gasteiger partial charge in [-0.05, 0) is 121 Å². The van der Waals surface area contributed by atoms with E-state index in [9.17, 15) is 63.3 Å². The fourth-order valence-corrected chi connectivity index (χ4v) is 15.8. The third-order valence-corrected chi connectivity index (χ3v) is 21.5. The number of aliphatic carboxylic acids is 3. The lowest BCUT2D eigenvalue weighted by molar-refractivity contribution is -0.148. The van der Waals surface area contributed by atoms with Crippen LogP contribution in [0.5, 0.6) is 0 Å². The number of benzene rings is 2. The summed E-state index contributed by atoms with van der Waals surface area (Å²) in [6, 6.07) is 2.12. The number of rotatable bonds is 35. The van der Waals surface area contributed by atoms with Crippen LogP contribution in [0, 0.1) is 0 Å². The number of amides is 11. The van der Waals surface area contributed by atoms with Crippen LogP contribution in [-0.4, -0.2) is 254 Å². The number of nitrogens with two attached hydrogens (primary N) is 3. The largest absolute Gasteiger partial charge is 0.481 e. The monoisotopic (exact) mass is 1570 g/mol. The zero-order valence-electron chi connectivity index (χ0n) is 61.9. The Kier molecular flexibility index (Phi) is 35.2. The van der Waals surface area contributed by atoms with E-state index in [2.05, 4.69) is 62.8 Å². The number of carbonyl (C=O) groups excluding carboxylic acids is 11. The molecule has 7 rings (SSSR count). The van der Waals surface area contributed by atoms with Crippen molar-refractivity contribution in [2.75, 3.05) is 57.3 Å². The molecule has 11 amide bonds. The first-order valence-corrected chi connectivity index (χ1v) is 39.7. The molecule has 37 heteroatoms. The Labute approximate surface area is 645 Å². The Morgan fingerprint density at radius 2 is 1.26 bits per heavy atom. The van der Waals surface area contributed by atoms with Crippen LogP contribution >= 0.6 is 21.6 Å². The van der Waals surface area contributed by atoms with Gasteiger partial charge in [-0.15, -0.1) is 0 Å². The van der Waals surface area contributed by atoms with Crippen molar-refractivity contribution in [2.24, 2.45) is 27.2 Å². The second-order valence-corrected chi connectivity index (χ2v) is 30.4. The van der Waals surface area contributed by atoms with Crippen LogP contribution in [0.25, 0.3) is 10.9 Å². The second kappa shape index (κ2) is 44.5. The maximum atomic E-state index is 15.6. The van der Waals surface area contributed by atoms with Crippen LogP contribution in [0.15, 0.2) is 82.6 Å². The molecule has 0 aliphatic carbocycles. The number of allylic oxidation sites excluding steroid dienone is 1. The summed E-state index contributed by atoms with van der Waals surface area (Å²) in [6.07, 6.45) is 7.21. The maximum absolute atomic E-state index is 15.6. The molecule has 0 radical (unpaired) electrons. The summed E-state index contributed by atoms with van der Waals surface area (Å²) >= 11 is 0. The molecule has 5 heterocycles. The zero-order chi connectivity index (χ0) is 79.8. The van der Waals surface area contributed by atoms with Crippen LogP contribution in [0.3, 0.4) is 0 Å². The van der Waals surface area contributed by atoms with Gasteiger partial charge in [0.15, 0.2) is 5.96 Å². The fraction of sp³-hybridized carbons (Fsp3) is 0.562. The molecular formula is C73H104N18O17S2. The molecule has 35 nitrogen and oxygen atoms in total. The number of carboxylic acid groups (broad SMARTS) is 3. The molecule has 0 bridgehead atoms. The molecular weight excluding hydrogens is 1470 g/mol. The van der Waals surface area contributed by atoms with Gasteiger partial charge in [0.2, 0.25) is 65.0 Å². The highest BCUT2D eigenvalue weighted by Crippen LogP contribution is 2.30. The maximum Gasteiger partial charge on any atom is 0.317 e. The Balaban J connectivity index is 1.16. The average molecular weight is 1570 g/mol. The summed E-state index contributed by atoms with van der Waals surface area (Å²) in [5.74, 6) is -12.0. The van der Waals surface area contributed by atoms with Gasteiger partial charge in [-0.1, -0.05) is 82.6 Å². The first-order chi connectivity index (χ1) is 52.7. The minimum absolute atomic E-state index is 0.00929. The second-order valence-electron chi connectivity index (χ2n) is 27.7. The van der Waals surface area contributed by atoms with E-state index in [0.717, 1.165) is 10.8 Å². The minimum Gasteiger partial charge on any atom is -0.481 e. The summed E-state index contributed by atoms with van der Waals surface area (Å²) < 4.78 is 0. The van der Waals surface area contributed by atoms with E-state index in [0.29, 0.717) is 79.1 Å². The van der Waals surface area contributed by atoms with Gasteiger partial charge in [-0.25, -0.2) is 0 Å². The molecule has 4 aliphatic heterocycles. The SMILES string of the molecule is CC(=O)N[C@H]1CCSSC[C@@H](C(=O)N2CCC[C@H]2C(=O)N2CCC[C@H]2C(=O)N[C@@H](CCCCN)C(=O)N[C@@H](CCC(=O)O)C(=O)N[C@H](C)CCCCN(CC(=O)O)CC(=O)O)NC(=O)[C@H](Cc2c[nH]c3ccccc23)NC(=O)[C@H](CCCN=C(N)N)NC(=O)[C@@H](Cc2ccccc2)NC(=O)[C@H](CC2=CCC=N2)NC1=O. The number of hydrogen-bond donors (Lipinski definition) is 16. The molecule has 2 aromatic carbocycles. The number of aromatic amines is 1. The van der Waals surface area contributed by atoms with Crippen molar-refractivity contribution >= 4 is 128 Å². The highest BCUT2D eigenvalue weighted by molar-refractivity contribution is 8.76. The summed E-state index contributed by atoms with van der Waals surface area (Å²) in [4.78, 5) is 211. The first kappa shape index (κ1) is 87.1. The molecule has 1 aromatic heterocycles. The highest BCUT2D eigenvalue weighted by atomic mass is 33.1. The summed E-state index contributed by atoms with van der Waals surface area (Å²) in [6.45, 7) is 2.43. The van der Waals surface area contributed by atoms with E-state index in [4.69, 9.17) is 17.2 Å². The number of carboxylic acids is 3. The molecule has 3 fully saturated rings. The molecule has 0 saturated carbocycles. The van der Waals surface area contributed by atoms with Crippen LogP contribution in [0.2, 0.25) is 0 Å². The predicted octanol–water partition coefficient (Wildman–Crippen LogP) is -0.439. The number of para-hydroxylation sites is 1. The minimum atomic E-state index is -1.48. The molecule has 110 heavy (non-hydrogen) atoms. The van der Waals surface area contributed by atoms with Gasteiger partial charge in [-0.3, -0.25) is 82.0 Å². The van der Waals surface area contributed by atoms with Crippen molar-refractivity contribution in [1.82, 2.24) is 67.5 Å². The number of nitrogens with one attached hydrogen (secondary N) is 10. The van der Waals surface area contributed by atoms with Crippen LogP contribution < -0.4 is 65.1 Å². The third-order valence-electron chi connectivity index (χ3n) is 19.1. The smallest absolute Gasteiger partial charge is 0.317 e. The van der Waals surface area contributed by atoms with Crippen LogP contribution in [0.4, 0.5) is 0 Å². The van der Waals surface area contributed by atoms with E-state index < -0.39 is 169 Å². The van der Waals surface area contributed by atoms with Crippen molar-refractivity contribution in [2.45, 2.75) is 202 Å². The van der Waals surface area contributed by atoms with Gasteiger partial charge in [0.1, 0.15) is 60.4 Å². The number of guanidine groups is 1. The molecule has 11 atom stereocenters. The van der Waals surface area contributed by atoms with Crippen molar-refractivity contribution in [3.63, 3.8) is 0 Å². The number of fused-ring (bicyclic) bond motifs is 1. The molecule has 19 N–H and O–H groups in total. The number of carbonyl (C=O) groups is 14. The Morgan fingerprint density at radius 1 is 0.655 bits per heavy atom. The number of likely N-dealkylation sites (tertiary alicyclic amines) is 2. The zero-order valence-corrected chi connectivity index (χ0v) is 63.6. The van der Waals surface area contributed by atoms with Crippen molar-refractivity contribution in [3.8, 4) is 0 Å². The van der Waals surface area contributed by atoms with E-state index in [1.807, 2.05) is 18.2 Å². The molecule has 3 aromatic rings. The van der Waals surface area contributed by atoms with Crippen molar-refractivity contribution < 1.29 is 82.4 Å². The van der Waals surface area contributed by atoms with Gasteiger partial charge in [0.05, 0.1) is 13.1 Å². The third kappa shape index (κ3) is 28.1. The van der Waals surface area contributed by atoms with E-state index in [-0.39, 0.29) is 114 Å². The van der Waals surface area contributed by atoms with Crippen LogP contribution in [0.1, 0.15) is 134 Å². The van der Waals surface area contributed by atoms with Gasteiger partial charge < -0.3 is 95.2 Å². The predicted molar refractivity (Wildman–Crippen MR) is 411 cm³/mol. The van der Waals surface area contributed by atoms with Gasteiger partial charge in [0, 0.05) is 105 Å². The number of unbranched alkanes of at least 4 members (excludes halogenated alkanes) is 2. The van der Waals surface area contributed by atoms with E-state index in [1.54, 1.807) is 61.8 Å². The molecule has 0 spiro atoms. The lowest BCUT2D eigenvalue weighted by atomic mass is 10.0. The molecule has 600 valence electrons. The molecule has 0 unspecified atom stereocenters. The fourth-order valence-electron chi connectivity index (χ4n) is 13.5. The standard InChI is InChI=1S/C73H104N18O17S2/c1-43(16-9-11-32-89(40-61(95)96)41-62(97)98)80-63(99)52(26-27-60(93)94)83-64(100)50(22-8-10-29-74)84-70(106)58-24-14-33-90(58)72(108)59-25-15-34-91(59)71(107)57-42-110-109-35-28-53(81-44(2)92)66(102)87-56(38-47-19-12-30-77-47)69(105)85-54(36-45-17-4-3-5-18-45)67(103)82-51(23-13-31-78-73(75)76)65(101)86-55(68(104)88-57)37-46-39-79-49-21-7-6-20-48(46)49/h3-7,17-21,30,39,43,50-59,79H,8-16,22-29,31-38,40-42,74H2,1-2H3,(H,80,99)(H,81,92)(H,82,103)(H,83,100)(H,84,106)(H,85,105)(H,86,101)(H,87,102)(H,88,104)(H,93,94)(H,95,96)(H,97,98)(H4,75,76,78)/t43-,50+,51+,52+,53+,54-,55+,56+,57+,58+,59+/m1/s1. The highest BCUT2D eigenvalue weighted by Gasteiger charge is 2.45. The lowest BCUT2D eigenvalue weighted by Crippen LogP contribution is -2.61. The average Bonchev–Trinajstić information content (AvgIpc) is 1.65. The normalized spacial score (nSPS) is 21.8. The number of hydrogen-bond acceptors (Lipinski definition) is 20. The van der Waals surface area contributed by atoms with Gasteiger partial charge in [0.25, 0.3) is 0 Å². The lowest BCUT2D eigenvalue weighted by Gasteiger charge is -2.33. The number of aliphatic imine (C=N–C) groups is 2. The van der Waals surface area contributed by atoms with E-state index in [1.165, 1.54) is 32.4 Å². The number of H-pyrrole nitrogens is 1. The van der Waals surface area contributed by atoms with Crippen molar-refractivity contribution in [3.05, 3.63) is 83.7 Å². The van der Waals surface area contributed by atoms with E-state index >= 15 is 19.2 Å². The Morgan fingerprint density at radius 3 is 1.93 bits per heavy atom. The number of nitrogens with zero attached hydrogens (tertiary/aromatic N) is 5. The first-order valence-electron chi connectivity index (χ1n) is 37.2. The van der Waals surface area contributed by atoms with Crippen LogP contribution in [-0.2, 0) is 80.0 Å². The topological polar surface area (TPSA) is 536 Å². The number of aromatic nitrogens is 1. The summed E-state index contributed by atoms with van der Waals surface area (Å²) in [5, 5.41) is 53.9. The Hall–Kier alpha value is -10.1. The summed E-state index contributed by atoms with van der Waals surface area (Å²) in [7, 11) is 2.33. The quantitative estimate of drug-likeness (QED) is 0.0154.